The van der Waals surface area contributed by atoms with Crippen molar-refractivity contribution in [1.82, 2.24) is 10.2 Å². The minimum atomic E-state index is -0.266. The molecular weight excluding hydrogens is 332 g/mol. The number of halogens is 1. The molecule has 0 radical (unpaired) electrons. The Kier molecular flexibility index (Phi) is 5.91. The number of nitrogens with zero attached hydrogens (tertiary/aromatic N) is 1. The van der Waals surface area contributed by atoms with Gasteiger partial charge in [-0.1, -0.05) is 48.0 Å². The summed E-state index contributed by atoms with van der Waals surface area (Å²) in [4.78, 5) is 15.2. The molecule has 0 heterocycles. The van der Waals surface area contributed by atoms with Crippen LogP contribution >= 0.6 is 11.6 Å². The predicted octanol–water partition coefficient (Wildman–Crippen LogP) is 4.77. The number of hydrogen-bond acceptors (Lipinski definition) is 2. The maximum Gasteiger partial charge on any atom is 0.252 e. The fourth-order valence-corrected chi connectivity index (χ4v) is 3.10. The van der Waals surface area contributed by atoms with Crippen molar-refractivity contribution in [3.63, 3.8) is 0 Å². The first-order valence-electron chi connectivity index (χ1n) is 8.45. The van der Waals surface area contributed by atoms with E-state index < -0.39 is 0 Å². The fraction of sp³-hybridized carbons (Fsp3) is 0.381. The van der Waals surface area contributed by atoms with E-state index in [1.165, 1.54) is 0 Å². The molecule has 2 aromatic carbocycles. The molecule has 1 unspecified atom stereocenters. The van der Waals surface area contributed by atoms with Crippen LogP contribution in [0.25, 0.3) is 0 Å². The topological polar surface area (TPSA) is 32.3 Å². The molecule has 0 aromatic heterocycles. The summed E-state index contributed by atoms with van der Waals surface area (Å²) in [5.74, 6) is -0.0960. The Morgan fingerprint density at radius 2 is 1.68 bits per heavy atom. The van der Waals surface area contributed by atoms with E-state index in [1.807, 2.05) is 70.4 Å². The highest BCUT2D eigenvalue weighted by atomic mass is 35.5. The monoisotopic (exact) mass is 358 g/mol. The molecule has 0 bridgehead atoms. The number of aryl methyl sites for hydroxylation is 1. The van der Waals surface area contributed by atoms with Crippen molar-refractivity contribution in [3.8, 4) is 0 Å². The number of rotatable bonds is 5. The van der Waals surface area contributed by atoms with Gasteiger partial charge in [-0.15, -0.1) is 0 Å². The smallest absolute Gasteiger partial charge is 0.252 e. The molecule has 0 aliphatic rings. The fourth-order valence-electron chi connectivity index (χ4n) is 2.95. The van der Waals surface area contributed by atoms with Gasteiger partial charge in [0.2, 0.25) is 0 Å². The van der Waals surface area contributed by atoms with Crippen molar-refractivity contribution in [2.75, 3.05) is 14.1 Å². The maximum absolute atomic E-state index is 13.1. The summed E-state index contributed by atoms with van der Waals surface area (Å²) >= 11 is 6.24. The summed E-state index contributed by atoms with van der Waals surface area (Å²) in [7, 11) is 4.05. The van der Waals surface area contributed by atoms with Gasteiger partial charge in [-0.25, -0.2) is 0 Å². The van der Waals surface area contributed by atoms with Gasteiger partial charge in [-0.2, -0.15) is 0 Å². The van der Waals surface area contributed by atoms with Crippen molar-refractivity contribution in [2.24, 2.45) is 0 Å². The van der Waals surface area contributed by atoms with Crippen LogP contribution in [0.15, 0.2) is 42.5 Å². The summed E-state index contributed by atoms with van der Waals surface area (Å²) in [6.07, 6.45) is 0. The molecule has 4 heteroatoms. The molecule has 134 valence electrons. The lowest BCUT2D eigenvalue weighted by Crippen LogP contribution is -2.51. The summed E-state index contributed by atoms with van der Waals surface area (Å²) in [6, 6.07) is 13.6. The first-order chi connectivity index (χ1) is 11.7. The molecule has 0 aliphatic carbocycles. The van der Waals surface area contributed by atoms with Crippen LogP contribution in [-0.2, 0) is 0 Å². The third-order valence-electron chi connectivity index (χ3n) is 5.10. The molecule has 0 spiro atoms. The van der Waals surface area contributed by atoms with E-state index in [2.05, 4.69) is 24.1 Å². The van der Waals surface area contributed by atoms with Crippen LogP contribution in [0.1, 0.15) is 46.9 Å². The Morgan fingerprint density at radius 3 is 2.24 bits per heavy atom. The van der Waals surface area contributed by atoms with Gasteiger partial charge in [-0.3, -0.25) is 4.79 Å². The summed E-state index contributed by atoms with van der Waals surface area (Å²) < 4.78 is 0. The van der Waals surface area contributed by atoms with Crippen molar-refractivity contribution in [2.45, 2.75) is 39.3 Å². The van der Waals surface area contributed by atoms with Crippen LogP contribution in [0, 0.1) is 13.8 Å². The Labute approximate surface area is 156 Å². The number of hydrogen-bond donors (Lipinski definition) is 1. The van der Waals surface area contributed by atoms with E-state index in [1.54, 1.807) is 0 Å². The molecule has 1 amide bonds. The zero-order chi connectivity index (χ0) is 18.8. The number of benzene rings is 2. The summed E-state index contributed by atoms with van der Waals surface area (Å²) in [6.45, 7) is 8.08. The standard InChI is InChI=1S/C21H27ClN2O/c1-14-12-13-17(22)15(2)18(14)20(25)23-19(21(3,4)24(5)6)16-10-8-7-9-11-16/h7-13,19H,1-6H3,(H,23,25). The van der Waals surface area contributed by atoms with Crippen molar-refractivity contribution in [1.29, 1.82) is 0 Å². The lowest BCUT2D eigenvalue weighted by molar-refractivity contribution is 0.0839. The molecule has 0 aliphatic heterocycles. The number of carbonyl (C=O) groups is 1. The van der Waals surface area contributed by atoms with E-state index in [-0.39, 0.29) is 17.5 Å². The van der Waals surface area contributed by atoms with Gasteiger partial charge < -0.3 is 10.2 Å². The van der Waals surface area contributed by atoms with Crippen molar-refractivity contribution in [3.05, 3.63) is 69.7 Å². The SMILES string of the molecule is Cc1ccc(Cl)c(C)c1C(=O)NC(c1ccccc1)C(C)(C)N(C)C. The molecular formula is C21H27ClN2O. The second kappa shape index (κ2) is 7.59. The van der Waals surface area contributed by atoms with Crippen LogP contribution in [0.4, 0.5) is 0 Å². The Bertz CT molecular complexity index is 754. The second-order valence-electron chi connectivity index (χ2n) is 7.23. The zero-order valence-electron chi connectivity index (χ0n) is 15.9. The van der Waals surface area contributed by atoms with Gasteiger partial charge in [0.1, 0.15) is 0 Å². The highest BCUT2D eigenvalue weighted by Crippen LogP contribution is 2.31. The molecule has 0 fully saturated rings. The summed E-state index contributed by atoms with van der Waals surface area (Å²) in [5, 5.41) is 3.85. The molecule has 25 heavy (non-hydrogen) atoms. The van der Waals surface area contributed by atoms with Gasteiger partial charge in [0, 0.05) is 16.1 Å². The lowest BCUT2D eigenvalue weighted by atomic mass is 9.87. The highest BCUT2D eigenvalue weighted by molar-refractivity contribution is 6.31. The van der Waals surface area contributed by atoms with E-state index in [4.69, 9.17) is 11.6 Å². The Hall–Kier alpha value is -1.84. The normalized spacial score (nSPS) is 13.0. The summed E-state index contributed by atoms with van der Waals surface area (Å²) in [5.41, 5.74) is 3.20. The third kappa shape index (κ3) is 4.05. The Morgan fingerprint density at radius 1 is 1.08 bits per heavy atom. The van der Waals surface area contributed by atoms with Crippen molar-refractivity contribution >= 4 is 17.5 Å². The molecule has 1 N–H and O–H groups in total. The van der Waals surface area contributed by atoms with Gasteiger partial charge >= 0.3 is 0 Å². The lowest BCUT2D eigenvalue weighted by Gasteiger charge is -2.41. The second-order valence-corrected chi connectivity index (χ2v) is 7.64. The number of amides is 1. The van der Waals surface area contributed by atoms with Crippen LogP contribution < -0.4 is 5.32 Å². The minimum absolute atomic E-state index is 0.0960. The number of nitrogens with one attached hydrogen (secondary N) is 1. The average molecular weight is 359 g/mol. The third-order valence-corrected chi connectivity index (χ3v) is 5.51. The molecule has 2 rings (SSSR count). The first-order valence-corrected chi connectivity index (χ1v) is 8.83. The number of likely N-dealkylation sites (N-methyl/N-ethyl adjacent to an activating group) is 1. The number of carbonyl (C=O) groups excluding carboxylic acids is 1. The van der Waals surface area contributed by atoms with Crippen LogP contribution in [0.2, 0.25) is 5.02 Å². The van der Waals surface area contributed by atoms with Gasteiger partial charge in [0.05, 0.1) is 6.04 Å². The zero-order valence-corrected chi connectivity index (χ0v) is 16.6. The quantitative estimate of drug-likeness (QED) is 0.835. The van der Waals surface area contributed by atoms with E-state index in [0.717, 1.165) is 16.7 Å². The van der Waals surface area contributed by atoms with Gasteiger partial charge in [0.25, 0.3) is 5.91 Å². The van der Waals surface area contributed by atoms with Gasteiger partial charge in [-0.05, 0) is 64.5 Å². The van der Waals surface area contributed by atoms with Crippen molar-refractivity contribution < 1.29 is 4.79 Å². The van der Waals surface area contributed by atoms with E-state index in [9.17, 15) is 4.79 Å². The average Bonchev–Trinajstić information content (AvgIpc) is 2.57. The minimum Gasteiger partial charge on any atom is -0.343 e. The largest absolute Gasteiger partial charge is 0.343 e. The van der Waals surface area contributed by atoms with Crippen LogP contribution in [-0.4, -0.2) is 30.4 Å². The maximum atomic E-state index is 13.1. The predicted molar refractivity (Wildman–Crippen MR) is 105 cm³/mol. The molecule has 2 aromatic rings. The van der Waals surface area contributed by atoms with E-state index >= 15 is 0 Å². The molecule has 0 saturated carbocycles. The highest BCUT2D eigenvalue weighted by Gasteiger charge is 2.34. The molecule has 1 atom stereocenters. The van der Waals surface area contributed by atoms with Crippen LogP contribution in [0.3, 0.4) is 0 Å². The first kappa shape index (κ1) is 19.5. The van der Waals surface area contributed by atoms with E-state index in [0.29, 0.717) is 10.6 Å². The Balaban J connectivity index is 2.45. The molecule has 0 saturated heterocycles. The van der Waals surface area contributed by atoms with Crippen LogP contribution in [0.5, 0.6) is 0 Å². The van der Waals surface area contributed by atoms with Gasteiger partial charge in [0.15, 0.2) is 0 Å². The molecule has 3 nitrogen and oxygen atoms in total.